The molecule has 0 amide bonds. The minimum atomic E-state index is 0.457. The van der Waals surface area contributed by atoms with E-state index in [1.54, 1.807) is 0 Å². The largest absolute Gasteiger partial charge is 0.0901 e. The first-order valence-corrected chi connectivity index (χ1v) is 11.9. The highest BCUT2D eigenvalue weighted by atomic mass is 31.1. The third kappa shape index (κ3) is 10.8. The Labute approximate surface area is 155 Å². The van der Waals surface area contributed by atoms with Crippen LogP contribution >= 0.6 is 17.2 Å². The molecule has 0 saturated heterocycles. The van der Waals surface area contributed by atoms with Crippen molar-refractivity contribution in [2.24, 2.45) is 22.7 Å². The smallest absolute Gasteiger partial charge is 0.0271 e. The molecular formula is C22H40P2. The van der Waals surface area contributed by atoms with Crippen LogP contribution in [-0.4, -0.2) is 12.3 Å². The van der Waals surface area contributed by atoms with Crippen molar-refractivity contribution in [3.63, 3.8) is 0 Å². The summed E-state index contributed by atoms with van der Waals surface area (Å²) in [6.45, 7) is 18.9. The van der Waals surface area contributed by atoms with Crippen LogP contribution in [0.3, 0.4) is 0 Å². The van der Waals surface area contributed by atoms with Crippen molar-refractivity contribution in [2.75, 3.05) is 12.3 Å². The molecule has 0 N–H and O–H groups in total. The Bertz CT molecular complexity index is 417. The number of hydrogen-bond acceptors (Lipinski definition) is 0. The Morgan fingerprint density at radius 2 is 0.958 bits per heavy atom. The third-order valence-corrected chi connectivity index (χ3v) is 7.40. The molecule has 0 bridgehead atoms. The highest BCUT2D eigenvalue weighted by molar-refractivity contribution is 7.48. The summed E-state index contributed by atoms with van der Waals surface area (Å²) in [6.07, 6.45) is 5.32. The van der Waals surface area contributed by atoms with E-state index in [1.165, 1.54) is 35.8 Å². The van der Waals surface area contributed by atoms with Crippen LogP contribution < -0.4 is 10.6 Å². The van der Waals surface area contributed by atoms with Gasteiger partial charge in [0.1, 0.15) is 0 Å². The van der Waals surface area contributed by atoms with E-state index in [2.05, 4.69) is 79.7 Å². The Kier molecular flexibility index (Phi) is 8.93. The molecule has 4 unspecified atom stereocenters. The molecule has 1 aromatic carbocycles. The molecule has 0 saturated carbocycles. The van der Waals surface area contributed by atoms with E-state index in [4.69, 9.17) is 0 Å². The first kappa shape index (κ1) is 22.1. The first-order valence-electron chi connectivity index (χ1n) is 9.52. The van der Waals surface area contributed by atoms with Gasteiger partial charge in [-0.25, -0.2) is 0 Å². The van der Waals surface area contributed by atoms with E-state index in [0.717, 1.165) is 29.0 Å². The van der Waals surface area contributed by atoms with Crippen LogP contribution in [0.25, 0.3) is 0 Å². The van der Waals surface area contributed by atoms with Crippen LogP contribution in [0, 0.1) is 22.7 Å². The monoisotopic (exact) mass is 366 g/mol. The maximum Gasteiger partial charge on any atom is -0.0271 e. The summed E-state index contributed by atoms with van der Waals surface area (Å²) in [6, 6.07) is 9.50. The fourth-order valence-corrected chi connectivity index (χ4v) is 5.79. The third-order valence-electron chi connectivity index (χ3n) is 4.12. The van der Waals surface area contributed by atoms with Gasteiger partial charge in [-0.05, 0) is 58.4 Å². The lowest BCUT2D eigenvalue weighted by Crippen LogP contribution is -2.14. The average Bonchev–Trinajstić information content (AvgIpc) is 2.40. The molecule has 0 aromatic heterocycles. The Morgan fingerprint density at radius 1 is 0.667 bits per heavy atom. The maximum absolute atomic E-state index is 2.41. The van der Waals surface area contributed by atoms with Crippen LogP contribution in [0.5, 0.6) is 0 Å². The molecule has 0 aliphatic carbocycles. The second-order valence-corrected chi connectivity index (χ2v) is 12.8. The molecule has 0 heterocycles. The molecule has 1 rings (SSSR count). The second kappa shape index (κ2) is 9.69. The summed E-state index contributed by atoms with van der Waals surface area (Å²) in [5.74, 6) is 1.64. The summed E-state index contributed by atoms with van der Waals surface area (Å²) < 4.78 is 0. The molecule has 4 atom stereocenters. The number of benzene rings is 1. The lowest BCUT2D eigenvalue weighted by Gasteiger charge is -2.23. The summed E-state index contributed by atoms with van der Waals surface area (Å²) in [5.41, 5.74) is 0.914. The molecule has 0 fully saturated rings. The van der Waals surface area contributed by atoms with Crippen molar-refractivity contribution in [1.29, 1.82) is 0 Å². The SMILES string of the molecule is CC(CPc1ccc(PCC(C)CC(C)(C)C)cc1)CC(C)(C)C. The van der Waals surface area contributed by atoms with E-state index in [-0.39, 0.29) is 0 Å². The molecule has 2 heteroatoms. The Morgan fingerprint density at radius 3 is 1.21 bits per heavy atom. The van der Waals surface area contributed by atoms with Gasteiger partial charge in [0.25, 0.3) is 0 Å². The van der Waals surface area contributed by atoms with Gasteiger partial charge in [-0.3, -0.25) is 0 Å². The molecule has 1 aromatic rings. The highest BCUT2D eigenvalue weighted by Gasteiger charge is 2.16. The molecule has 0 spiro atoms. The lowest BCUT2D eigenvalue weighted by atomic mass is 9.86. The van der Waals surface area contributed by atoms with Crippen LogP contribution in [0.2, 0.25) is 0 Å². The second-order valence-electron chi connectivity index (χ2n) is 10.1. The van der Waals surface area contributed by atoms with Crippen LogP contribution in [-0.2, 0) is 0 Å². The van der Waals surface area contributed by atoms with E-state index >= 15 is 0 Å². The van der Waals surface area contributed by atoms with Crippen LogP contribution in [0.15, 0.2) is 24.3 Å². The van der Waals surface area contributed by atoms with Gasteiger partial charge in [0.2, 0.25) is 0 Å². The molecule has 0 radical (unpaired) electrons. The van der Waals surface area contributed by atoms with E-state index < -0.39 is 0 Å². The van der Waals surface area contributed by atoms with Crippen molar-refractivity contribution in [2.45, 2.75) is 68.2 Å². The minimum absolute atomic E-state index is 0.457. The van der Waals surface area contributed by atoms with Crippen molar-refractivity contribution < 1.29 is 0 Å². The summed E-state index contributed by atoms with van der Waals surface area (Å²) in [4.78, 5) is 0. The van der Waals surface area contributed by atoms with Gasteiger partial charge in [-0.2, -0.15) is 0 Å². The minimum Gasteiger partial charge on any atom is -0.0901 e. The summed E-state index contributed by atoms with van der Waals surface area (Å²) in [7, 11) is 1.92. The van der Waals surface area contributed by atoms with Crippen molar-refractivity contribution in [3.05, 3.63) is 24.3 Å². The fraction of sp³-hybridized carbons (Fsp3) is 0.727. The summed E-state index contributed by atoms with van der Waals surface area (Å²) >= 11 is 0. The van der Waals surface area contributed by atoms with Gasteiger partial charge in [0.15, 0.2) is 0 Å². The number of hydrogen-bond donors (Lipinski definition) is 0. The van der Waals surface area contributed by atoms with E-state index in [0.29, 0.717) is 10.8 Å². The maximum atomic E-state index is 2.41. The van der Waals surface area contributed by atoms with Gasteiger partial charge in [0.05, 0.1) is 0 Å². The molecule has 24 heavy (non-hydrogen) atoms. The zero-order valence-corrected chi connectivity index (χ0v) is 19.3. The predicted octanol–water partition coefficient (Wildman–Crippen LogP) is 6.44. The van der Waals surface area contributed by atoms with E-state index in [9.17, 15) is 0 Å². The summed E-state index contributed by atoms with van der Waals surface area (Å²) in [5, 5.41) is 3.07. The topological polar surface area (TPSA) is 0 Å². The van der Waals surface area contributed by atoms with Gasteiger partial charge in [-0.1, -0.05) is 96.8 Å². The molecular weight excluding hydrogens is 326 g/mol. The predicted molar refractivity (Wildman–Crippen MR) is 119 cm³/mol. The van der Waals surface area contributed by atoms with Crippen LogP contribution in [0.4, 0.5) is 0 Å². The van der Waals surface area contributed by atoms with E-state index in [1.807, 2.05) is 0 Å². The molecule has 138 valence electrons. The lowest BCUT2D eigenvalue weighted by molar-refractivity contribution is 0.322. The average molecular weight is 367 g/mol. The van der Waals surface area contributed by atoms with Crippen molar-refractivity contribution in [3.8, 4) is 0 Å². The van der Waals surface area contributed by atoms with Gasteiger partial charge in [-0.15, -0.1) is 0 Å². The Hall–Kier alpha value is 0.0800. The van der Waals surface area contributed by atoms with Gasteiger partial charge in [0, 0.05) is 0 Å². The van der Waals surface area contributed by atoms with Gasteiger partial charge >= 0.3 is 0 Å². The van der Waals surface area contributed by atoms with Gasteiger partial charge < -0.3 is 0 Å². The molecule has 0 nitrogen and oxygen atoms in total. The van der Waals surface area contributed by atoms with Crippen molar-refractivity contribution >= 4 is 27.8 Å². The number of rotatable bonds is 8. The van der Waals surface area contributed by atoms with Crippen molar-refractivity contribution in [1.82, 2.24) is 0 Å². The highest BCUT2D eigenvalue weighted by Crippen LogP contribution is 2.29. The quantitative estimate of drug-likeness (QED) is 0.465. The first-order chi connectivity index (χ1) is 10.9. The Balaban J connectivity index is 2.38. The molecule has 0 aliphatic rings. The zero-order valence-electron chi connectivity index (χ0n) is 17.3. The van der Waals surface area contributed by atoms with Crippen LogP contribution in [0.1, 0.15) is 68.2 Å². The molecule has 0 aliphatic heterocycles. The zero-order chi connectivity index (χ0) is 18.4. The standard InChI is InChI=1S/C22H40P2/c1-17(13-21(3,4)5)15-23-19-9-11-20(12-10-19)24-16-18(2)14-22(6,7)8/h9-12,17-18,23-24H,13-16H2,1-8H3. The normalized spacial score (nSPS) is 16.3. The fourth-order valence-electron chi connectivity index (χ4n) is 3.53.